The van der Waals surface area contributed by atoms with Crippen molar-refractivity contribution in [3.05, 3.63) is 192 Å². The number of primary amides is 2. The number of aromatic nitrogens is 8. The normalized spacial score (nSPS) is 12.5. The zero-order valence-electron chi connectivity index (χ0n) is 66.2. The van der Waals surface area contributed by atoms with E-state index in [0.29, 0.717) is 140 Å². The van der Waals surface area contributed by atoms with Crippen LogP contribution < -0.4 is 70.6 Å². The molecule has 0 bridgehead atoms. The van der Waals surface area contributed by atoms with Crippen molar-refractivity contribution in [1.29, 1.82) is 0 Å². The lowest BCUT2D eigenvalue weighted by Gasteiger charge is -2.16. The fourth-order valence-electron chi connectivity index (χ4n) is 13.0. The lowest BCUT2D eigenvalue weighted by Crippen LogP contribution is -2.21. The lowest BCUT2D eigenvalue weighted by molar-refractivity contribution is -0.119. The number of unbranched alkanes of at least 4 members (excludes halogenated alkanes) is 1. The molecule has 0 radical (unpaired) electrons. The highest BCUT2D eigenvalue weighted by atomic mass is 19.1. The van der Waals surface area contributed by atoms with Gasteiger partial charge in [-0.25, -0.2) is 57.4 Å². The third kappa shape index (κ3) is 23.3. The van der Waals surface area contributed by atoms with Crippen molar-refractivity contribution >= 4 is 101 Å². The Bertz CT molecular complexity index is 5370. The summed E-state index contributed by atoms with van der Waals surface area (Å²) in [5.41, 5.74) is 17.9. The van der Waals surface area contributed by atoms with E-state index in [1.807, 2.05) is 44.2 Å². The highest BCUT2D eigenvalue weighted by molar-refractivity contribution is 5.96. The van der Waals surface area contributed by atoms with Gasteiger partial charge in [0.2, 0.25) is 11.8 Å². The number of nitrogens with zero attached hydrogens (tertiary/aromatic N) is 10. The Balaban J connectivity index is 0.000000152. The number of carbonyl (C=O) groups excluding carboxylic acids is 2. The van der Waals surface area contributed by atoms with Gasteiger partial charge in [-0.2, -0.15) is 0 Å². The molecule has 30 heteroatoms. The van der Waals surface area contributed by atoms with Crippen molar-refractivity contribution in [2.75, 3.05) is 115 Å². The molecule has 608 valence electrons. The van der Waals surface area contributed by atoms with E-state index in [1.165, 1.54) is 116 Å². The second kappa shape index (κ2) is 41.4. The van der Waals surface area contributed by atoms with E-state index >= 15 is 0 Å². The number of aryl methyl sites for hydroxylation is 4. The second-order valence-electron chi connectivity index (χ2n) is 27.7. The van der Waals surface area contributed by atoms with Crippen molar-refractivity contribution in [3.63, 3.8) is 0 Å². The number of hydrogen-bond acceptors (Lipinski definition) is 24. The topological polar surface area (TPSA) is 318 Å². The summed E-state index contributed by atoms with van der Waals surface area (Å²) in [5, 5.41) is 15.4. The molecule has 8 N–H and O–H groups in total. The molecule has 26 nitrogen and oxygen atoms in total. The Kier molecular flexibility index (Phi) is 30.0. The molecule has 116 heavy (non-hydrogen) atoms. The molecule has 2 fully saturated rings. The van der Waals surface area contributed by atoms with Crippen LogP contribution in [0.25, 0.3) is 43.6 Å². The zero-order valence-corrected chi connectivity index (χ0v) is 66.2. The maximum absolute atomic E-state index is 14.2. The van der Waals surface area contributed by atoms with Gasteiger partial charge in [0, 0.05) is 70.2 Å². The van der Waals surface area contributed by atoms with Crippen LogP contribution in [-0.4, -0.2) is 156 Å². The summed E-state index contributed by atoms with van der Waals surface area (Å²) in [6.45, 7) is 15.9. The monoisotopic (exact) mass is 1590 g/mol. The summed E-state index contributed by atoms with van der Waals surface area (Å²) in [5.74, 6) is 4.57. The number of benzene rings is 8. The van der Waals surface area contributed by atoms with Gasteiger partial charge in [0.25, 0.3) is 0 Å². The van der Waals surface area contributed by atoms with E-state index in [0.717, 1.165) is 76.7 Å². The number of amides is 2. The molecule has 0 atom stereocenters. The number of hydrogen-bond donors (Lipinski definition) is 6. The van der Waals surface area contributed by atoms with E-state index < -0.39 is 5.91 Å². The fraction of sp³-hybridized carbons (Fsp3) is 0.326. The van der Waals surface area contributed by atoms with Crippen LogP contribution in [0.15, 0.2) is 147 Å². The predicted molar refractivity (Wildman–Crippen MR) is 441 cm³/mol. The Hall–Kier alpha value is -12.7. The van der Waals surface area contributed by atoms with Crippen LogP contribution in [0.5, 0.6) is 46.0 Å². The number of ether oxygens (including phenoxy) is 8. The standard InChI is InChI=1S/C24H29FN4O2.C23H27FN4O2.C20H21FN4O3.C19H19FN4O3/c1-17-13-18(7-8-20(17)25)28-24-19-14-22(30-2)23(15-21(19)26-16-27-24)31-12-6-5-11-29-9-3-4-10-29;1-16-12-17(6-7-19(16)24)27-23-18-13-21(29-2)22(14-20(18)25-15-26-23)30-11-5-10-28-8-3-4-9-28;1-12-5-6-15(14(21)8-12)25-20-13-9-17(27-2)18(10-16(13)23-11-24-20)28-7-3-4-19(22)26;1-11-3-4-14(13(20)7-11)24-19-12-8-16(26-2)17(27-6-5-18(21)25)9-15(12)22-10-23-19/h7-8,13-16H,3-6,9-12H2,1-2H3,(H,26,27,28);6-7,12-15H,3-5,8-11H2,1-2H3,(H,25,26,27);5-6,8-11H,3-4,7H2,1-2H3,(H2,22,26)(H,23,24,25);3-4,7-10H,5-6H2,1-2H3,(H2,21,25)(H,22,23,24). The van der Waals surface area contributed by atoms with E-state index in [2.05, 4.69) is 70.9 Å². The first-order valence-corrected chi connectivity index (χ1v) is 38.2. The summed E-state index contributed by atoms with van der Waals surface area (Å²) < 4.78 is 101. The molecule has 2 amide bonds. The van der Waals surface area contributed by atoms with E-state index in [9.17, 15) is 27.2 Å². The number of anilines is 8. The summed E-state index contributed by atoms with van der Waals surface area (Å²) in [4.78, 5) is 61.1. The van der Waals surface area contributed by atoms with Gasteiger partial charge in [-0.3, -0.25) is 9.59 Å². The first kappa shape index (κ1) is 84.2. The van der Waals surface area contributed by atoms with Crippen LogP contribution in [0.2, 0.25) is 0 Å². The summed E-state index contributed by atoms with van der Waals surface area (Å²) >= 11 is 0. The SMILES string of the molecule is COc1cc2c(Nc3ccc(C)cc3F)ncnc2cc1OCCC(N)=O.COc1cc2c(Nc3ccc(C)cc3F)ncnc2cc1OCCCC(N)=O.COc1cc2c(Nc3ccc(F)c(C)c3)ncnc2cc1OCCCCN1CCCC1.COc1cc2c(Nc3ccc(F)c(C)c3)ncnc2cc1OCCCN1CCCC1. The minimum atomic E-state index is -0.455. The number of halogens is 4. The van der Waals surface area contributed by atoms with Crippen LogP contribution in [0, 0.1) is 51.0 Å². The van der Waals surface area contributed by atoms with Gasteiger partial charge in [-0.1, -0.05) is 12.1 Å². The average Bonchev–Trinajstić information content (AvgIpc) is 0.838. The van der Waals surface area contributed by atoms with Gasteiger partial charge in [0.15, 0.2) is 46.0 Å². The summed E-state index contributed by atoms with van der Waals surface area (Å²) in [6, 6.07) is 33.9. The number of nitrogens with one attached hydrogen (secondary N) is 4. The van der Waals surface area contributed by atoms with Gasteiger partial charge in [0.05, 0.1) is 94.7 Å². The average molecular weight is 1590 g/mol. The Morgan fingerprint density at radius 2 is 0.698 bits per heavy atom. The van der Waals surface area contributed by atoms with Gasteiger partial charge in [0.1, 0.15) is 71.8 Å². The maximum atomic E-state index is 14.2. The molecule has 4 aromatic heterocycles. The predicted octanol–water partition coefficient (Wildman–Crippen LogP) is 16.3. The van der Waals surface area contributed by atoms with Gasteiger partial charge < -0.3 is 80.4 Å². The van der Waals surface area contributed by atoms with Crippen molar-refractivity contribution in [3.8, 4) is 46.0 Å². The number of nitrogens with two attached hydrogens (primary N) is 2. The second-order valence-corrected chi connectivity index (χ2v) is 27.7. The number of likely N-dealkylation sites (tertiary alicyclic amines) is 2. The number of rotatable bonds is 32. The Morgan fingerprint density at radius 3 is 1.04 bits per heavy atom. The summed E-state index contributed by atoms with van der Waals surface area (Å²) in [7, 11) is 6.27. The molecule has 0 aliphatic carbocycles. The highest BCUT2D eigenvalue weighted by Crippen LogP contribution is 2.40. The number of fused-ring (bicyclic) bond motifs is 4. The fourth-order valence-corrected chi connectivity index (χ4v) is 13.0. The molecule has 14 rings (SSSR count). The third-order valence-corrected chi connectivity index (χ3v) is 19.1. The van der Waals surface area contributed by atoms with Crippen molar-refractivity contribution < 1.29 is 65.0 Å². The van der Waals surface area contributed by atoms with E-state index in [4.69, 9.17) is 49.4 Å². The van der Waals surface area contributed by atoms with E-state index in [1.54, 1.807) is 94.8 Å². The molecule has 0 saturated carbocycles. The highest BCUT2D eigenvalue weighted by Gasteiger charge is 2.20. The van der Waals surface area contributed by atoms with Crippen molar-refractivity contribution in [2.24, 2.45) is 11.5 Å². The zero-order chi connectivity index (χ0) is 82.0. The molecule has 2 aliphatic rings. The maximum Gasteiger partial charge on any atom is 0.220 e. The Morgan fingerprint density at radius 1 is 0.362 bits per heavy atom. The minimum Gasteiger partial charge on any atom is -0.493 e. The van der Waals surface area contributed by atoms with Gasteiger partial charge in [-0.05, 0) is 219 Å². The van der Waals surface area contributed by atoms with E-state index in [-0.39, 0.29) is 48.6 Å². The minimum absolute atomic E-state index is 0.0878. The molecule has 0 unspecified atom stereocenters. The molecular weight excluding hydrogens is 1490 g/mol. The molecule has 12 aromatic rings. The summed E-state index contributed by atoms with van der Waals surface area (Å²) in [6.07, 6.45) is 14.9. The van der Waals surface area contributed by atoms with Crippen molar-refractivity contribution in [2.45, 2.75) is 91.9 Å². The Labute approximate surface area is 670 Å². The first-order valence-electron chi connectivity index (χ1n) is 38.2. The molecule has 6 heterocycles. The van der Waals surface area contributed by atoms with Crippen LogP contribution in [0.4, 0.5) is 63.6 Å². The molecule has 8 aromatic carbocycles. The van der Waals surface area contributed by atoms with Crippen molar-refractivity contribution in [1.82, 2.24) is 49.7 Å². The smallest absolute Gasteiger partial charge is 0.220 e. The molecular formula is C86H96F4N16O10. The quantitative estimate of drug-likeness (QED) is 0.0168. The number of methoxy groups -OCH3 is 4. The van der Waals surface area contributed by atoms with Crippen LogP contribution in [-0.2, 0) is 9.59 Å². The molecule has 0 spiro atoms. The first-order chi connectivity index (χ1) is 56.2. The molecule has 2 saturated heterocycles. The largest absolute Gasteiger partial charge is 0.493 e. The van der Waals surface area contributed by atoms with Crippen LogP contribution >= 0.6 is 0 Å². The van der Waals surface area contributed by atoms with Gasteiger partial charge >= 0.3 is 0 Å². The molecule has 2 aliphatic heterocycles. The lowest BCUT2D eigenvalue weighted by atomic mass is 10.2. The third-order valence-electron chi connectivity index (χ3n) is 19.1. The van der Waals surface area contributed by atoms with Crippen LogP contribution in [0.1, 0.15) is 86.5 Å². The van der Waals surface area contributed by atoms with Crippen LogP contribution in [0.3, 0.4) is 0 Å². The number of carbonyl (C=O) groups is 2. The van der Waals surface area contributed by atoms with Gasteiger partial charge in [-0.15, -0.1) is 0 Å².